The number of rotatable bonds is 10. The number of hydrogen-bond acceptors (Lipinski definition) is 8. The molecule has 2 heterocycles. The van der Waals surface area contributed by atoms with E-state index in [1.807, 2.05) is 64.9 Å². The van der Waals surface area contributed by atoms with Crippen LogP contribution in [0.25, 0.3) is 5.70 Å². The Morgan fingerprint density at radius 1 is 1.08 bits per heavy atom. The van der Waals surface area contributed by atoms with Crippen molar-refractivity contribution in [2.24, 2.45) is 4.99 Å². The molecule has 36 heavy (non-hydrogen) atoms. The SMILES string of the molecule is CCOC(=O)C1=C(c2ccccc2)N=C2SC=C(CC(=O)NCCOC)N2[C@H]1c1ccccc1OC. The summed E-state index contributed by atoms with van der Waals surface area (Å²) in [6, 6.07) is 16.5. The zero-order valence-corrected chi connectivity index (χ0v) is 21.3. The number of nitrogens with zero attached hydrogens (tertiary/aromatic N) is 2. The maximum absolute atomic E-state index is 13.5. The monoisotopic (exact) mass is 507 g/mol. The van der Waals surface area contributed by atoms with Crippen LogP contribution in [0.3, 0.4) is 0 Å². The lowest BCUT2D eigenvalue weighted by molar-refractivity contribution is -0.139. The summed E-state index contributed by atoms with van der Waals surface area (Å²) < 4.78 is 16.3. The second-order valence-corrected chi connectivity index (χ2v) is 8.84. The quantitative estimate of drug-likeness (QED) is 0.382. The Balaban J connectivity index is 1.85. The molecule has 0 unspecified atom stereocenters. The van der Waals surface area contributed by atoms with Gasteiger partial charge in [0.1, 0.15) is 5.75 Å². The Morgan fingerprint density at radius 3 is 2.56 bits per heavy atom. The van der Waals surface area contributed by atoms with Gasteiger partial charge in [-0.15, -0.1) is 0 Å². The van der Waals surface area contributed by atoms with Crippen LogP contribution in [0.1, 0.15) is 30.5 Å². The predicted octanol–water partition coefficient (Wildman–Crippen LogP) is 4.12. The van der Waals surface area contributed by atoms with Gasteiger partial charge in [0.15, 0.2) is 5.17 Å². The van der Waals surface area contributed by atoms with E-state index < -0.39 is 12.0 Å². The third-order valence-corrected chi connectivity index (χ3v) is 6.64. The molecule has 188 valence electrons. The molecule has 0 aromatic heterocycles. The number of para-hydroxylation sites is 1. The standard InChI is InChI=1S/C27H29N3O5S/c1-4-35-26(32)23-24(18-10-6-5-7-11-18)29-27-30(25(23)20-12-8-9-13-21(20)34-3)19(17-36-27)16-22(31)28-14-15-33-2/h5-13,17,25H,4,14-16H2,1-3H3,(H,28,31)/t25-/m0/s1. The number of amides is 1. The number of aliphatic imine (C=N–C) groups is 1. The molecule has 1 atom stereocenters. The minimum atomic E-state index is -0.601. The van der Waals surface area contributed by atoms with Crippen molar-refractivity contribution < 1.29 is 23.8 Å². The first kappa shape index (κ1) is 25.5. The summed E-state index contributed by atoms with van der Waals surface area (Å²) in [6.07, 6.45) is 0.123. The fraction of sp³-hybridized carbons (Fsp3) is 0.296. The number of carbonyl (C=O) groups excluding carboxylic acids is 2. The fourth-order valence-corrected chi connectivity index (χ4v) is 5.11. The number of esters is 1. The van der Waals surface area contributed by atoms with Crippen LogP contribution in [-0.4, -0.2) is 55.9 Å². The van der Waals surface area contributed by atoms with E-state index in [9.17, 15) is 9.59 Å². The van der Waals surface area contributed by atoms with Crippen LogP contribution in [0.5, 0.6) is 5.75 Å². The summed E-state index contributed by atoms with van der Waals surface area (Å²) in [5.74, 6) is 0.0176. The molecule has 2 aromatic carbocycles. The first-order valence-electron chi connectivity index (χ1n) is 11.7. The summed E-state index contributed by atoms with van der Waals surface area (Å²) in [6.45, 7) is 2.84. The first-order valence-corrected chi connectivity index (χ1v) is 12.6. The second-order valence-electron chi connectivity index (χ2n) is 8.00. The maximum Gasteiger partial charge on any atom is 0.338 e. The summed E-state index contributed by atoms with van der Waals surface area (Å²) >= 11 is 1.42. The lowest BCUT2D eigenvalue weighted by atomic mass is 9.91. The molecule has 0 saturated carbocycles. The molecule has 0 radical (unpaired) electrons. The van der Waals surface area contributed by atoms with Crippen molar-refractivity contribution in [1.82, 2.24) is 10.2 Å². The molecule has 4 rings (SSSR count). The van der Waals surface area contributed by atoms with Crippen LogP contribution in [0.2, 0.25) is 0 Å². The second kappa shape index (κ2) is 11.9. The van der Waals surface area contributed by atoms with Gasteiger partial charge in [0.2, 0.25) is 5.91 Å². The van der Waals surface area contributed by atoms with Gasteiger partial charge in [0.05, 0.1) is 44.1 Å². The number of hydrogen-bond donors (Lipinski definition) is 1. The van der Waals surface area contributed by atoms with Crippen molar-refractivity contribution in [3.05, 3.63) is 82.4 Å². The van der Waals surface area contributed by atoms with Crippen LogP contribution < -0.4 is 10.1 Å². The minimum absolute atomic E-state index is 0.123. The van der Waals surface area contributed by atoms with E-state index >= 15 is 0 Å². The lowest BCUT2D eigenvalue weighted by Crippen LogP contribution is -2.38. The molecule has 0 aliphatic carbocycles. The van der Waals surface area contributed by atoms with E-state index in [0.29, 0.717) is 35.3 Å². The lowest BCUT2D eigenvalue weighted by Gasteiger charge is -2.37. The van der Waals surface area contributed by atoms with Gasteiger partial charge >= 0.3 is 5.97 Å². The number of methoxy groups -OCH3 is 2. The molecule has 1 amide bonds. The maximum atomic E-state index is 13.5. The van der Waals surface area contributed by atoms with Crippen molar-refractivity contribution in [3.8, 4) is 5.75 Å². The van der Waals surface area contributed by atoms with Crippen LogP contribution in [-0.2, 0) is 19.1 Å². The third-order valence-electron chi connectivity index (χ3n) is 5.76. The predicted molar refractivity (Wildman–Crippen MR) is 140 cm³/mol. The van der Waals surface area contributed by atoms with E-state index in [2.05, 4.69) is 5.32 Å². The van der Waals surface area contributed by atoms with E-state index in [4.69, 9.17) is 19.2 Å². The van der Waals surface area contributed by atoms with Gasteiger partial charge in [-0.3, -0.25) is 4.79 Å². The van der Waals surface area contributed by atoms with Crippen LogP contribution in [0.15, 0.2) is 76.3 Å². The molecular weight excluding hydrogens is 478 g/mol. The Bertz CT molecular complexity index is 1210. The molecule has 0 fully saturated rings. The number of ether oxygens (including phenoxy) is 3. The Morgan fingerprint density at radius 2 is 1.83 bits per heavy atom. The first-order chi connectivity index (χ1) is 17.6. The van der Waals surface area contributed by atoms with Gasteiger partial charge in [-0.1, -0.05) is 60.3 Å². The largest absolute Gasteiger partial charge is 0.496 e. The highest BCUT2D eigenvalue weighted by molar-refractivity contribution is 8.16. The highest BCUT2D eigenvalue weighted by Crippen LogP contribution is 2.48. The molecule has 2 aliphatic rings. The van der Waals surface area contributed by atoms with Crippen LogP contribution in [0, 0.1) is 0 Å². The Kier molecular flexibility index (Phi) is 8.45. The number of amidine groups is 1. The number of thioether (sulfide) groups is 1. The van der Waals surface area contributed by atoms with Gasteiger partial charge in [-0.2, -0.15) is 0 Å². The van der Waals surface area contributed by atoms with E-state index in [0.717, 1.165) is 16.8 Å². The smallest absolute Gasteiger partial charge is 0.338 e. The van der Waals surface area contributed by atoms with Gasteiger partial charge < -0.3 is 24.4 Å². The molecule has 0 bridgehead atoms. The Hall–Kier alpha value is -3.56. The number of benzene rings is 2. The van der Waals surface area contributed by atoms with Gasteiger partial charge in [0, 0.05) is 30.5 Å². The van der Waals surface area contributed by atoms with E-state index in [1.165, 1.54) is 11.8 Å². The molecule has 0 saturated heterocycles. The molecule has 8 nitrogen and oxygen atoms in total. The molecule has 2 aromatic rings. The van der Waals surface area contributed by atoms with E-state index in [-0.39, 0.29) is 18.9 Å². The number of carbonyl (C=O) groups is 2. The molecule has 1 N–H and O–H groups in total. The van der Waals surface area contributed by atoms with Crippen molar-refractivity contribution in [2.75, 3.05) is 34.0 Å². The average molecular weight is 508 g/mol. The normalized spacial score (nSPS) is 16.8. The molecule has 0 spiro atoms. The van der Waals surface area contributed by atoms with Crippen molar-refractivity contribution in [3.63, 3.8) is 0 Å². The summed E-state index contributed by atoms with van der Waals surface area (Å²) in [5, 5.41) is 5.45. The molecule has 9 heteroatoms. The average Bonchev–Trinajstić information content (AvgIpc) is 3.30. The third kappa shape index (κ3) is 5.32. The zero-order chi connectivity index (χ0) is 25.5. The van der Waals surface area contributed by atoms with Gasteiger partial charge in [0.25, 0.3) is 0 Å². The topological polar surface area (TPSA) is 89.5 Å². The molecular formula is C27H29N3O5S. The highest BCUT2D eigenvalue weighted by Gasteiger charge is 2.43. The Labute approximate surface area is 215 Å². The van der Waals surface area contributed by atoms with Crippen LogP contribution >= 0.6 is 11.8 Å². The van der Waals surface area contributed by atoms with Gasteiger partial charge in [-0.05, 0) is 18.4 Å². The fourth-order valence-electron chi connectivity index (χ4n) is 4.19. The summed E-state index contributed by atoms with van der Waals surface area (Å²) in [5.41, 5.74) is 3.25. The molecule has 2 aliphatic heterocycles. The van der Waals surface area contributed by atoms with Crippen LogP contribution in [0.4, 0.5) is 0 Å². The van der Waals surface area contributed by atoms with Crippen molar-refractivity contribution in [2.45, 2.75) is 19.4 Å². The minimum Gasteiger partial charge on any atom is -0.496 e. The van der Waals surface area contributed by atoms with Gasteiger partial charge in [-0.25, -0.2) is 9.79 Å². The van der Waals surface area contributed by atoms with Crippen molar-refractivity contribution in [1.29, 1.82) is 0 Å². The number of fused-ring (bicyclic) bond motifs is 1. The highest BCUT2D eigenvalue weighted by atomic mass is 32.2. The summed E-state index contributed by atoms with van der Waals surface area (Å²) in [7, 11) is 3.19. The summed E-state index contributed by atoms with van der Waals surface area (Å²) in [4.78, 5) is 33.1. The van der Waals surface area contributed by atoms with Crippen molar-refractivity contribution >= 4 is 34.5 Å². The number of nitrogens with one attached hydrogen (secondary N) is 1. The zero-order valence-electron chi connectivity index (χ0n) is 20.5. The van der Waals surface area contributed by atoms with E-state index in [1.54, 1.807) is 21.1 Å².